The average Bonchev–Trinajstić information content (AvgIpc) is 2.63. The van der Waals surface area contributed by atoms with E-state index in [0.29, 0.717) is 10.7 Å². The lowest BCUT2D eigenvalue weighted by Gasteiger charge is -2.36. The minimum absolute atomic E-state index is 0.197. The zero-order valence-electron chi connectivity index (χ0n) is 13.6. The van der Waals surface area contributed by atoms with Crippen molar-refractivity contribution in [2.75, 3.05) is 6.54 Å². The highest BCUT2D eigenvalue weighted by molar-refractivity contribution is 14.1. The van der Waals surface area contributed by atoms with Gasteiger partial charge in [0.15, 0.2) is 5.11 Å². The monoisotopic (exact) mass is 466 g/mol. The van der Waals surface area contributed by atoms with Crippen LogP contribution < -0.4 is 10.7 Å². The van der Waals surface area contributed by atoms with Crippen LogP contribution in [0.25, 0.3) is 0 Å². The molecule has 0 bridgehead atoms. The van der Waals surface area contributed by atoms with Crippen molar-refractivity contribution in [1.82, 2.24) is 20.7 Å². The van der Waals surface area contributed by atoms with E-state index in [-0.39, 0.29) is 11.9 Å². The number of nitrogens with zero attached hydrogens (tertiary/aromatic N) is 2. The Kier molecular flexibility index (Phi) is 6.33. The fraction of sp³-hybridized carbons (Fsp3) is 0.278. The quantitative estimate of drug-likeness (QED) is 0.537. The summed E-state index contributed by atoms with van der Waals surface area (Å²) in [6.45, 7) is 0.873. The number of halogens is 1. The number of benzene rings is 1. The van der Waals surface area contributed by atoms with Crippen molar-refractivity contribution in [1.29, 1.82) is 0 Å². The van der Waals surface area contributed by atoms with Gasteiger partial charge in [0, 0.05) is 22.5 Å². The predicted molar refractivity (Wildman–Crippen MR) is 110 cm³/mol. The molecule has 0 aliphatic carbocycles. The zero-order valence-corrected chi connectivity index (χ0v) is 16.6. The number of amides is 1. The molecule has 1 aliphatic rings. The molecule has 2 N–H and O–H groups in total. The first-order valence-electron chi connectivity index (χ1n) is 8.18. The van der Waals surface area contributed by atoms with E-state index in [1.54, 1.807) is 12.3 Å². The summed E-state index contributed by atoms with van der Waals surface area (Å²) >= 11 is 7.50. The van der Waals surface area contributed by atoms with Gasteiger partial charge >= 0.3 is 0 Å². The molecule has 0 unspecified atom stereocenters. The Bertz CT molecular complexity index is 756. The highest BCUT2D eigenvalue weighted by atomic mass is 127. The maximum atomic E-state index is 12.4. The smallest absolute Gasteiger partial charge is 0.258 e. The number of pyridine rings is 1. The fourth-order valence-corrected chi connectivity index (χ4v) is 3.80. The summed E-state index contributed by atoms with van der Waals surface area (Å²) in [7, 11) is 0. The van der Waals surface area contributed by atoms with Crippen molar-refractivity contribution in [3.8, 4) is 0 Å². The number of aromatic nitrogens is 1. The van der Waals surface area contributed by atoms with Crippen LogP contribution in [0.3, 0.4) is 0 Å². The summed E-state index contributed by atoms with van der Waals surface area (Å²) in [6, 6.07) is 11.7. The molecule has 25 heavy (non-hydrogen) atoms. The van der Waals surface area contributed by atoms with Crippen LogP contribution in [0.1, 0.15) is 41.2 Å². The molecule has 2 heterocycles. The van der Waals surface area contributed by atoms with Gasteiger partial charge in [-0.1, -0.05) is 24.6 Å². The second-order valence-electron chi connectivity index (χ2n) is 5.87. The highest BCUT2D eigenvalue weighted by Gasteiger charge is 2.25. The van der Waals surface area contributed by atoms with Crippen LogP contribution >= 0.6 is 34.8 Å². The van der Waals surface area contributed by atoms with E-state index in [0.717, 1.165) is 28.5 Å². The van der Waals surface area contributed by atoms with Crippen LogP contribution in [0.15, 0.2) is 48.8 Å². The topological polar surface area (TPSA) is 57.3 Å². The third-order valence-electron chi connectivity index (χ3n) is 4.16. The molecule has 130 valence electrons. The number of thiocarbonyl (C=S) groups is 1. The molecule has 1 aromatic heterocycles. The van der Waals surface area contributed by atoms with Gasteiger partial charge in [-0.3, -0.25) is 20.5 Å². The lowest BCUT2D eigenvalue weighted by atomic mass is 9.98. The molecular formula is C18H19IN4OS. The van der Waals surface area contributed by atoms with Gasteiger partial charge in [0.25, 0.3) is 5.91 Å². The Hall–Kier alpha value is -1.58. The SMILES string of the molecule is O=C(NC(=S)NN1CCCC[C@@H]1c1cccnc1)c1ccccc1I. The van der Waals surface area contributed by atoms with Gasteiger partial charge in [-0.05, 0) is 71.4 Å². The normalized spacial score (nSPS) is 17.7. The maximum absolute atomic E-state index is 12.4. The molecule has 2 aromatic rings. The first-order chi connectivity index (χ1) is 12.1. The summed E-state index contributed by atoms with van der Waals surface area (Å²) < 4.78 is 0.895. The van der Waals surface area contributed by atoms with E-state index in [2.05, 4.69) is 49.4 Å². The predicted octanol–water partition coefficient (Wildman–Crippen LogP) is 3.43. The highest BCUT2D eigenvalue weighted by Crippen LogP contribution is 2.28. The number of carbonyl (C=O) groups excluding carboxylic acids is 1. The fourth-order valence-electron chi connectivity index (χ4n) is 2.96. The molecule has 1 amide bonds. The van der Waals surface area contributed by atoms with Crippen LogP contribution in [0.4, 0.5) is 0 Å². The van der Waals surface area contributed by atoms with Crippen LogP contribution in [0, 0.1) is 3.57 Å². The molecule has 1 aromatic carbocycles. The van der Waals surface area contributed by atoms with Gasteiger partial charge in [0.05, 0.1) is 11.6 Å². The van der Waals surface area contributed by atoms with Crippen LogP contribution in [-0.4, -0.2) is 27.6 Å². The molecule has 0 saturated carbocycles. The van der Waals surface area contributed by atoms with Gasteiger partial charge in [-0.15, -0.1) is 0 Å². The Labute approximate surface area is 166 Å². The molecule has 5 nitrogen and oxygen atoms in total. The molecular weight excluding hydrogens is 447 g/mol. The Morgan fingerprint density at radius 2 is 2.08 bits per heavy atom. The molecule has 3 rings (SSSR count). The third kappa shape index (κ3) is 4.74. The number of hydrogen-bond acceptors (Lipinski definition) is 4. The number of hydrazine groups is 1. The first-order valence-corrected chi connectivity index (χ1v) is 9.67. The van der Waals surface area contributed by atoms with Crippen LogP contribution in [0.5, 0.6) is 0 Å². The number of rotatable bonds is 3. The molecule has 1 atom stereocenters. The van der Waals surface area contributed by atoms with Gasteiger partial charge in [0.1, 0.15) is 0 Å². The molecule has 0 spiro atoms. The minimum atomic E-state index is -0.197. The lowest BCUT2D eigenvalue weighted by molar-refractivity contribution is 0.0957. The van der Waals surface area contributed by atoms with Crippen molar-refractivity contribution < 1.29 is 4.79 Å². The van der Waals surface area contributed by atoms with Gasteiger partial charge in [-0.25, -0.2) is 5.01 Å². The molecule has 1 aliphatic heterocycles. The summed E-state index contributed by atoms with van der Waals surface area (Å²) in [4.78, 5) is 16.6. The third-order valence-corrected chi connectivity index (χ3v) is 5.30. The minimum Gasteiger partial charge on any atom is -0.298 e. The average molecular weight is 466 g/mol. The standard InChI is InChI=1S/C18H19IN4OS/c19-15-8-2-1-7-14(15)17(24)21-18(25)22-23-11-4-3-9-16(23)13-6-5-10-20-12-13/h1-2,5-8,10,12,16H,3-4,9,11H2,(H2,21,22,24,25)/t16-/m1/s1. The maximum Gasteiger partial charge on any atom is 0.258 e. The molecule has 7 heteroatoms. The van der Waals surface area contributed by atoms with Gasteiger partial charge in [-0.2, -0.15) is 0 Å². The Morgan fingerprint density at radius 3 is 2.84 bits per heavy atom. The molecule has 1 saturated heterocycles. The van der Waals surface area contributed by atoms with Crippen molar-refractivity contribution in [2.45, 2.75) is 25.3 Å². The molecule has 1 fully saturated rings. The van der Waals surface area contributed by atoms with Crippen LogP contribution in [0.2, 0.25) is 0 Å². The first kappa shape index (κ1) is 18.2. The van der Waals surface area contributed by atoms with Crippen molar-refractivity contribution in [3.63, 3.8) is 0 Å². The zero-order chi connectivity index (χ0) is 17.6. The van der Waals surface area contributed by atoms with E-state index in [4.69, 9.17) is 12.2 Å². The van der Waals surface area contributed by atoms with Crippen molar-refractivity contribution >= 4 is 45.8 Å². The van der Waals surface area contributed by atoms with Crippen LogP contribution in [-0.2, 0) is 0 Å². The Balaban J connectivity index is 1.65. The van der Waals surface area contributed by atoms with E-state index >= 15 is 0 Å². The van der Waals surface area contributed by atoms with Gasteiger partial charge < -0.3 is 0 Å². The Morgan fingerprint density at radius 1 is 1.24 bits per heavy atom. The molecule has 0 radical (unpaired) electrons. The number of nitrogens with one attached hydrogen (secondary N) is 2. The number of piperidine rings is 1. The van der Waals surface area contributed by atoms with Gasteiger partial charge in [0.2, 0.25) is 0 Å². The van der Waals surface area contributed by atoms with E-state index in [9.17, 15) is 4.79 Å². The number of carbonyl (C=O) groups is 1. The summed E-state index contributed by atoms with van der Waals surface area (Å²) in [5, 5.41) is 5.19. The van der Waals surface area contributed by atoms with Crippen molar-refractivity contribution in [2.24, 2.45) is 0 Å². The van der Waals surface area contributed by atoms with Crippen molar-refractivity contribution in [3.05, 3.63) is 63.5 Å². The lowest BCUT2D eigenvalue weighted by Crippen LogP contribution is -2.51. The van der Waals surface area contributed by atoms with E-state index < -0.39 is 0 Å². The number of hydrogen-bond donors (Lipinski definition) is 2. The second kappa shape index (κ2) is 8.68. The second-order valence-corrected chi connectivity index (χ2v) is 7.44. The summed E-state index contributed by atoms with van der Waals surface area (Å²) in [5.74, 6) is -0.197. The van der Waals surface area contributed by atoms with E-state index in [1.807, 2.05) is 30.5 Å². The summed E-state index contributed by atoms with van der Waals surface area (Å²) in [6.07, 6.45) is 6.96. The largest absolute Gasteiger partial charge is 0.298 e. The van der Waals surface area contributed by atoms with E-state index in [1.165, 1.54) is 6.42 Å². The summed E-state index contributed by atoms with van der Waals surface area (Å²) in [5.41, 5.74) is 4.96.